The van der Waals surface area contributed by atoms with E-state index < -0.39 is 6.10 Å². The first kappa shape index (κ1) is 16.3. The van der Waals surface area contributed by atoms with Crippen molar-refractivity contribution in [1.82, 2.24) is 4.90 Å². The quantitative estimate of drug-likeness (QED) is 0.849. The van der Waals surface area contributed by atoms with Gasteiger partial charge in [0.2, 0.25) is 5.91 Å². The lowest BCUT2D eigenvalue weighted by Crippen LogP contribution is -2.40. The van der Waals surface area contributed by atoms with Crippen LogP contribution >= 0.6 is 0 Å². The van der Waals surface area contributed by atoms with E-state index in [1.165, 1.54) is 0 Å². The third-order valence-electron chi connectivity index (χ3n) is 4.44. The Morgan fingerprint density at radius 3 is 2.88 bits per heavy atom. The monoisotopic (exact) mass is 320 g/mol. The summed E-state index contributed by atoms with van der Waals surface area (Å²) in [5, 5.41) is 13.3. The molecule has 122 valence electrons. The maximum Gasteiger partial charge on any atom is 0.238 e. The molecule has 4 heteroatoms. The highest BCUT2D eigenvalue weighted by molar-refractivity contribution is 5.92. The second kappa shape index (κ2) is 6.88. The predicted molar refractivity (Wildman–Crippen MR) is 94.5 cm³/mol. The van der Waals surface area contributed by atoms with E-state index >= 15 is 0 Å². The van der Waals surface area contributed by atoms with E-state index in [9.17, 15) is 9.90 Å². The van der Waals surface area contributed by atoms with Crippen LogP contribution in [0, 0.1) is 12.3 Å². The smallest absolute Gasteiger partial charge is 0.238 e. The number of likely N-dealkylation sites (N-methyl/N-ethyl adjacent to an activating group) is 1. The molecule has 1 aliphatic rings. The zero-order chi connectivity index (χ0) is 17.1. The molecular formula is C20H20N2O2. The molecule has 0 aliphatic heterocycles. The minimum absolute atomic E-state index is 0.0924. The van der Waals surface area contributed by atoms with E-state index in [0.29, 0.717) is 5.69 Å². The lowest BCUT2D eigenvalue weighted by molar-refractivity contribution is -0.117. The van der Waals surface area contributed by atoms with E-state index in [1.807, 2.05) is 48.3 Å². The van der Waals surface area contributed by atoms with Gasteiger partial charge in [0, 0.05) is 17.3 Å². The van der Waals surface area contributed by atoms with Gasteiger partial charge in [0.1, 0.15) is 0 Å². The molecule has 0 radical (unpaired) electrons. The second-order valence-electron chi connectivity index (χ2n) is 6.10. The van der Waals surface area contributed by atoms with Gasteiger partial charge in [-0.15, -0.1) is 6.42 Å². The fourth-order valence-corrected chi connectivity index (χ4v) is 3.18. The Bertz CT molecular complexity index is 794. The predicted octanol–water partition coefficient (Wildman–Crippen LogP) is 2.20. The molecule has 1 aliphatic carbocycles. The van der Waals surface area contributed by atoms with Gasteiger partial charge in [-0.3, -0.25) is 9.69 Å². The van der Waals surface area contributed by atoms with Crippen molar-refractivity contribution in [3.8, 4) is 12.3 Å². The fraction of sp³-hybridized carbons (Fsp3) is 0.250. The number of fused-ring (bicyclic) bond motifs is 1. The van der Waals surface area contributed by atoms with Gasteiger partial charge in [-0.25, -0.2) is 0 Å². The highest BCUT2D eigenvalue weighted by atomic mass is 16.3. The van der Waals surface area contributed by atoms with Crippen LogP contribution in [0.3, 0.4) is 0 Å². The molecule has 2 aromatic rings. The van der Waals surface area contributed by atoms with Crippen LogP contribution in [-0.4, -0.2) is 35.5 Å². The summed E-state index contributed by atoms with van der Waals surface area (Å²) in [5.41, 5.74) is 3.50. The lowest BCUT2D eigenvalue weighted by Gasteiger charge is -2.26. The van der Waals surface area contributed by atoms with Crippen LogP contribution in [0.4, 0.5) is 5.69 Å². The summed E-state index contributed by atoms with van der Waals surface area (Å²) in [6, 6.07) is 15.0. The molecule has 3 rings (SSSR count). The number of nitrogens with zero attached hydrogens (tertiary/aromatic N) is 1. The number of hydrogen-bond donors (Lipinski definition) is 2. The number of anilines is 1. The van der Waals surface area contributed by atoms with Crippen LogP contribution in [0.25, 0.3) is 0 Å². The molecule has 4 nitrogen and oxygen atoms in total. The van der Waals surface area contributed by atoms with Gasteiger partial charge in [-0.05, 0) is 42.8 Å². The molecule has 2 atom stereocenters. The highest BCUT2D eigenvalue weighted by Crippen LogP contribution is 2.33. The number of aliphatic hydroxyl groups excluding tert-OH is 1. The van der Waals surface area contributed by atoms with Crippen molar-refractivity contribution in [2.45, 2.75) is 18.6 Å². The summed E-state index contributed by atoms with van der Waals surface area (Å²) in [7, 11) is 1.86. The van der Waals surface area contributed by atoms with E-state index in [1.54, 1.807) is 12.1 Å². The van der Waals surface area contributed by atoms with E-state index in [0.717, 1.165) is 23.1 Å². The summed E-state index contributed by atoms with van der Waals surface area (Å²) in [5.74, 6) is 2.42. The Hall–Kier alpha value is -2.61. The lowest BCUT2D eigenvalue weighted by atomic mass is 10.1. The molecule has 2 unspecified atom stereocenters. The number of rotatable bonds is 4. The molecule has 0 aromatic heterocycles. The van der Waals surface area contributed by atoms with Gasteiger partial charge >= 0.3 is 0 Å². The average molecular weight is 320 g/mol. The maximum atomic E-state index is 12.3. The molecule has 2 aromatic carbocycles. The van der Waals surface area contributed by atoms with E-state index in [4.69, 9.17) is 6.42 Å². The van der Waals surface area contributed by atoms with Crippen LogP contribution < -0.4 is 5.32 Å². The Balaban J connectivity index is 1.62. The van der Waals surface area contributed by atoms with Gasteiger partial charge in [-0.2, -0.15) is 0 Å². The van der Waals surface area contributed by atoms with Crippen molar-refractivity contribution < 1.29 is 9.90 Å². The summed E-state index contributed by atoms with van der Waals surface area (Å²) < 4.78 is 0. The molecule has 0 heterocycles. The number of aliphatic hydroxyl groups is 1. The molecule has 0 fully saturated rings. The molecule has 24 heavy (non-hydrogen) atoms. The average Bonchev–Trinajstić information content (AvgIpc) is 2.92. The van der Waals surface area contributed by atoms with Crippen molar-refractivity contribution in [1.29, 1.82) is 0 Å². The first-order valence-electron chi connectivity index (χ1n) is 7.91. The zero-order valence-corrected chi connectivity index (χ0v) is 13.6. The normalized spacial score (nSPS) is 18.9. The van der Waals surface area contributed by atoms with Gasteiger partial charge in [0.05, 0.1) is 12.6 Å². The zero-order valence-electron chi connectivity index (χ0n) is 13.6. The number of nitrogens with one attached hydrogen (secondary N) is 1. The van der Waals surface area contributed by atoms with E-state index in [-0.39, 0.29) is 18.5 Å². The minimum atomic E-state index is -0.566. The molecule has 0 spiro atoms. The highest BCUT2D eigenvalue weighted by Gasteiger charge is 2.33. The van der Waals surface area contributed by atoms with Crippen molar-refractivity contribution in [3.63, 3.8) is 0 Å². The largest absolute Gasteiger partial charge is 0.387 e. The first-order chi connectivity index (χ1) is 11.6. The summed E-state index contributed by atoms with van der Waals surface area (Å²) >= 11 is 0. The summed E-state index contributed by atoms with van der Waals surface area (Å²) in [6.45, 7) is 0.204. The van der Waals surface area contributed by atoms with Crippen molar-refractivity contribution in [2.75, 3.05) is 18.9 Å². The molecular weight excluding hydrogens is 300 g/mol. The number of carbonyl (C=O) groups is 1. The molecule has 0 saturated carbocycles. The molecule has 0 bridgehead atoms. The van der Waals surface area contributed by atoms with Crippen molar-refractivity contribution >= 4 is 11.6 Å². The maximum absolute atomic E-state index is 12.3. The van der Waals surface area contributed by atoms with Crippen molar-refractivity contribution in [2.24, 2.45) is 0 Å². The molecule has 2 N–H and O–H groups in total. The van der Waals surface area contributed by atoms with Crippen LogP contribution in [0.2, 0.25) is 0 Å². The van der Waals surface area contributed by atoms with E-state index in [2.05, 4.69) is 11.2 Å². The van der Waals surface area contributed by atoms with Gasteiger partial charge in [0.25, 0.3) is 0 Å². The number of benzene rings is 2. The van der Waals surface area contributed by atoms with Crippen LogP contribution in [0.1, 0.15) is 22.8 Å². The van der Waals surface area contributed by atoms with Crippen LogP contribution in [0.5, 0.6) is 0 Å². The number of amides is 1. The Labute approximate surface area is 142 Å². The minimum Gasteiger partial charge on any atom is -0.387 e. The molecule has 0 saturated heterocycles. The number of terminal acetylenes is 1. The van der Waals surface area contributed by atoms with Crippen LogP contribution in [0.15, 0.2) is 48.5 Å². The first-order valence-corrected chi connectivity index (χ1v) is 7.91. The van der Waals surface area contributed by atoms with Gasteiger partial charge < -0.3 is 10.4 Å². The second-order valence-corrected chi connectivity index (χ2v) is 6.10. The third kappa shape index (κ3) is 3.33. The molecule has 1 amide bonds. The third-order valence-corrected chi connectivity index (χ3v) is 4.44. The number of carbonyl (C=O) groups excluding carboxylic acids is 1. The van der Waals surface area contributed by atoms with Crippen LogP contribution in [-0.2, 0) is 11.2 Å². The Morgan fingerprint density at radius 2 is 2.12 bits per heavy atom. The summed E-state index contributed by atoms with van der Waals surface area (Å²) in [6.07, 6.45) is 5.55. The van der Waals surface area contributed by atoms with Crippen molar-refractivity contribution in [3.05, 3.63) is 65.2 Å². The number of hydrogen-bond acceptors (Lipinski definition) is 3. The Morgan fingerprint density at radius 1 is 1.33 bits per heavy atom. The van der Waals surface area contributed by atoms with Gasteiger partial charge in [-0.1, -0.05) is 36.3 Å². The SMILES string of the molecule is C#Cc1cccc(NC(=O)CN(C)C2Cc3ccccc3C2O)c1. The van der Waals surface area contributed by atoms with Gasteiger partial charge in [0.15, 0.2) is 0 Å². The fourth-order valence-electron chi connectivity index (χ4n) is 3.18. The summed E-state index contributed by atoms with van der Waals surface area (Å²) in [4.78, 5) is 14.2. The Kier molecular flexibility index (Phi) is 4.66. The standard InChI is InChI=1S/C20H20N2O2/c1-3-14-7-6-9-16(11-14)21-19(23)13-22(2)18-12-15-8-4-5-10-17(15)20(18)24/h1,4-11,18,20,24H,12-13H2,2H3,(H,21,23). The topological polar surface area (TPSA) is 52.6 Å².